The zero-order valence-corrected chi connectivity index (χ0v) is 12.5. The lowest BCUT2D eigenvalue weighted by Crippen LogP contribution is -2.41. The number of para-hydroxylation sites is 1. The highest BCUT2D eigenvalue weighted by Crippen LogP contribution is 2.12. The van der Waals surface area contributed by atoms with Crippen LogP contribution < -0.4 is 11.3 Å². The van der Waals surface area contributed by atoms with E-state index >= 15 is 0 Å². The van der Waals surface area contributed by atoms with Crippen LogP contribution in [0.5, 0.6) is 0 Å². The van der Waals surface area contributed by atoms with Gasteiger partial charge in [0.2, 0.25) is 5.91 Å². The molecule has 2 aromatic rings. The molecule has 2 amide bonds. The minimum Gasteiger partial charge on any atom is -0.368 e. The molecule has 0 atom stereocenters. The molecule has 3 N–H and O–H groups in total. The van der Waals surface area contributed by atoms with Crippen molar-refractivity contribution in [3.8, 4) is 0 Å². The van der Waals surface area contributed by atoms with Crippen LogP contribution in [0, 0.1) is 0 Å². The average molecular weight is 301 g/mol. The molecule has 1 aromatic carbocycles. The van der Waals surface area contributed by atoms with Gasteiger partial charge in [-0.25, -0.2) is 0 Å². The first kappa shape index (κ1) is 15.8. The van der Waals surface area contributed by atoms with Gasteiger partial charge in [-0.05, 0) is 23.9 Å². The number of carbonyl (C=O) groups is 2. The van der Waals surface area contributed by atoms with Gasteiger partial charge in [0.1, 0.15) is 5.56 Å². The van der Waals surface area contributed by atoms with Crippen molar-refractivity contribution in [1.29, 1.82) is 0 Å². The normalized spacial score (nSPS) is 10.6. The van der Waals surface area contributed by atoms with Crippen LogP contribution in [0.2, 0.25) is 0 Å². The molecule has 0 saturated heterocycles. The summed E-state index contributed by atoms with van der Waals surface area (Å²) in [6, 6.07) is 8.76. The van der Waals surface area contributed by atoms with Gasteiger partial charge in [0.25, 0.3) is 11.5 Å². The number of hydrogen-bond donors (Lipinski definition) is 2. The summed E-state index contributed by atoms with van der Waals surface area (Å²) in [5.41, 5.74) is 5.42. The zero-order valence-electron chi connectivity index (χ0n) is 12.5. The van der Waals surface area contributed by atoms with E-state index in [0.717, 1.165) is 18.2 Å². The third kappa shape index (κ3) is 3.52. The predicted octanol–water partition coefficient (Wildman–Crippen LogP) is 1.26. The standard InChI is InChI=1S/C16H19N3O3/c1-2-3-8-19(10-14(17)20)16(22)12-9-11-6-4-5-7-13(11)18-15(12)21/h4-7,9H,2-3,8,10H2,1H3,(H2,17,20)(H,18,21). The summed E-state index contributed by atoms with van der Waals surface area (Å²) < 4.78 is 0. The van der Waals surface area contributed by atoms with E-state index in [0.29, 0.717) is 12.1 Å². The monoisotopic (exact) mass is 301 g/mol. The summed E-state index contributed by atoms with van der Waals surface area (Å²) in [7, 11) is 0. The molecule has 0 aliphatic rings. The van der Waals surface area contributed by atoms with Crippen LogP contribution in [-0.4, -0.2) is 34.8 Å². The van der Waals surface area contributed by atoms with E-state index in [1.54, 1.807) is 18.2 Å². The second-order valence-corrected chi connectivity index (χ2v) is 5.15. The number of pyridine rings is 1. The molecule has 116 valence electrons. The summed E-state index contributed by atoms with van der Waals surface area (Å²) in [6.45, 7) is 2.19. The fourth-order valence-corrected chi connectivity index (χ4v) is 2.27. The molecule has 1 aromatic heterocycles. The molecule has 22 heavy (non-hydrogen) atoms. The van der Waals surface area contributed by atoms with Crippen LogP contribution in [0.25, 0.3) is 10.9 Å². The fourth-order valence-electron chi connectivity index (χ4n) is 2.27. The Morgan fingerprint density at radius 2 is 2.00 bits per heavy atom. The minimum atomic E-state index is -0.596. The second kappa shape index (κ2) is 6.89. The summed E-state index contributed by atoms with van der Waals surface area (Å²) in [6.07, 6.45) is 1.61. The Kier molecular flexibility index (Phi) is 4.93. The minimum absolute atomic E-state index is 0.0241. The second-order valence-electron chi connectivity index (χ2n) is 5.15. The van der Waals surface area contributed by atoms with Gasteiger partial charge in [-0.3, -0.25) is 14.4 Å². The SMILES string of the molecule is CCCCN(CC(N)=O)C(=O)c1cc2ccccc2[nH]c1=O. The molecule has 6 nitrogen and oxygen atoms in total. The van der Waals surface area contributed by atoms with Crippen molar-refractivity contribution in [2.24, 2.45) is 5.73 Å². The third-order valence-electron chi connectivity index (χ3n) is 3.40. The molecular formula is C16H19N3O3. The van der Waals surface area contributed by atoms with Crippen molar-refractivity contribution >= 4 is 22.7 Å². The lowest BCUT2D eigenvalue weighted by molar-refractivity contribution is -0.118. The molecule has 0 radical (unpaired) electrons. The number of amides is 2. The van der Waals surface area contributed by atoms with Gasteiger partial charge in [0.05, 0.1) is 6.54 Å². The van der Waals surface area contributed by atoms with E-state index < -0.39 is 17.4 Å². The van der Waals surface area contributed by atoms with E-state index in [1.807, 2.05) is 19.1 Å². The predicted molar refractivity (Wildman–Crippen MR) is 84.6 cm³/mol. The number of nitrogens with two attached hydrogens (primary N) is 1. The van der Waals surface area contributed by atoms with Gasteiger partial charge < -0.3 is 15.6 Å². The third-order valence-corrected chi connectivity index (χ3v) is 3.40. The Balaban J connectivity index is 2.38. The average Bonchev–Trinajstić information content (AvgIpc) is 2.49. The van der Waals surface area contributed by atoms with Crippen molar-refractivity contribution in [2.45, 2.75) is 19.8 Å². The quantitative estimate of drug-likeness (QED) is 0.840. The summed E-state index contributed by atoms with van der Waals surface area (Å²) in [4.78, 5) is 39.8. The first-order valence-corrected chi connectivity index (χ1v) is 7.22. The largest absolute Gasteiger partial charge is 0.368 e. The van der Waals surface area contributed by atoms with Gasteiger partial charge in [0, 0.05) is 12.1 Å². The summed E-state index contributed by atoms with van der Waals surface area (Å²) >= 11 is 0. The first-order valence-electron chi connectivity index (χ1n) is 7.22. The number of aromatic nitrogens is 1. The Morgan fingerprint density at radius 3 is 2.68 bits per heavy atom. The number of unbranched alkanes of at least 4 members (excludes halogenated alkanes) is 1. The maximum atomic E-state index is 12.5. The van der Waals surface area contributed by atoms with E-state index in [4.69, 9.17) is 5.73 Å². The molecule has 0 unspecified atom stereocenters. The van der Waals surface area contributed by atoms with E-state index in [9.17, 15) is 14.4 Å². The van der Waals surface area contributed by atoms with Crippen molar-refractivity contribution in [3.05, 3.63) is 46.2 Å². The zero-order chi connectivity index (χ0) is 16.1. The molecule has 2 rings (SSSR count). The Morgan fingerprint density at radius 1 is 1.27 bits per heavy atom. The number of hydrogen-bond acceptors (Lipinski definition) is 3. The number of nitrogens with one attached hydrogen (secondary N) is 1. The number of aromatic amines is 1. The number of primary amides is 1. The van der Waals surface area contributed by atoms with Crippen LogP contribution >= 0.6 is 0 Å². The number of H-pyrrole nitrogens is 1. The fraction of sp³-hybridized carbons (Fsp3) is 0.312. The van der Waals surface area contributed by atoms with Crippen LogP contribution in [0.4, 0.5) is 0 Å². The Bertz CT molecular complexity index is 752. The number of nitrogens with zero attached hydrogens (tertiary/aromatic N) is 1. The van der Waals surface area contributed by atoms with Crippen molar-refractivity contribution in [3.63, 3.8) is 0 Å². The number of benzene rings is 1. The molecule has 0 aliphatic heterocycles. The molecule has 1 heterocycles. The van der Waals surface area contributed by atoms with Crippen molar-refractivity contribution in [1.82, 2.24) is 9.88 Å². The molecular weight excluding hydrogens is 282 g/mol. The maximum absolute atomic E-state index is 12.5. The summed E-state index contributed by atoms with van der Waals surface area (Å²) in [5, 5.41) is 0.764. The molecule has 6 heteroatoms. The maximum Gasteiger partial charge on any atom is 0.261 e. The van der Waals surface area contributed by atoms with Gasteiger partial charge in [-0.1, -0.05) is 31.5 Å². The van der Waals surface area contributed by atoms with E-state index in [1.165, 1.54) is 4.90 Å². The van der Waals surface area contributed by atoms with E-state index in [2.05, 4.69) is 4.98 Å². The lowest BCUT2D eigenvalue weighted by atomic mass is 10.1. The van der Waals surface area contributed by atoms with Crippen LogP contribution in [0.3, 0.4) is 0 Å². The Hall–Kier alpha value is -2.63. The van der Waals surface area contributed by atoms with Gasteiger partial charge in [-0.2, -0.15) is 0 Å². The molecule has 0 bridgehead atoms. The summed E-state index contributed by atoms with van der Waals surface area (Å²) in [5.74, 6) is -1.07. The molecule has 0 spiro atoms. The smallest absolute Gasteiger partial charge is 0.261 e. The molecule has 0 aliphatic carbocycles. The van der Waals surface area contributed by atoms with Gasteiger partial charge >= 0.3 is 0 Å². The van der Waals surface area contributed by atoms with Crippen molar-refractivity contribution in [2.75, 3.05) is 13.1 Å². The highest BCUT2D eigenvalue weighted by Gasteiger charge is 2.20. The molecule has 0 fully saturated rings. The van der Waals surface area contributed by atoms with Crippen LogP contribution in [0.1, 0.15) is 30.1 Å². The highest BCUT2D eigenvalue weighted by atomic mass is 16.2. The van der Waals surface area contributed by atoms with Crippen molar-refractivity contribution < 1.29 is 9.59 Å². The van der Waals surface area contributed by atoms with Gasteiger partial charge in [-0.15, -0.1) is 0 Å². The Labute approximate surface area is 127 Å². The van der Waals surface area contributed by atoms with Crippen LogP contribution in [-0.2, 0) is 4.79 Å². The van der Waals surface area contributed by atoms with Gasteiger partial charge in [0.15, 0.2) is 0 Å². The first-order chi connectivity index (χ1) is 10.5. The number of carbonyl (C=O) groups excluding carboxylic acids is 2. The lowest BCUT2D eigenvalue weighted by Gasteiger charge is -2.20. The number of fused-ring (bicyclic) bond motifs is 1. The van der Waals surface area contributed by atoms with Crippen LogP contribution in [0.15, 0.2) is 35.1 Å². The molecule has 0 saturated carbocycles. The van der Waals surface area contributed by atoms with E-state index in [-0.39, 0.29) is 12.1 Å². The number of rotatable bonds is 6. The highest BCUT2D eigenvalue weighted by molar-refractivity contribution is 5.98. The topological polar surface area (TPSA) is 96.3 Å².